The average molecular weight is 221 g/mol. The van der Waals surface area contributed by atoms with Gasteiger partial charge in [0.1, 0.15) is 0 Å². The van der Waals surface area contributed by atoms with Crippen molar-refractivity contribution in [2.75, 3.05) is 20.4 Å². The van der Waals surface area contributed by atoms with Crippen LogP contribution in [-0.4, -0.2) is 20.4 Å². The van der Waals surface area contributed by atoms with Gasteiger partial charge in [0.15, 0.2) is 11.5 Å². The Morgan fingerprint density at radius 3 is 3.06 bits per heavy atom. The summed E-state index contributed by atoms with van der Waals surface area (Å²) < 4.78 is 15.9. The third kappa shape index (κ3) is 2.03. The molecule has 2 N–H and O–H groups in total. The lowest BCUT2D eigenvalue weighted by atomic mass is 10.1. The van der Waals surface area contributed by atoms with Crippen LogP contribution in [-0.2, 0) is 11.3 Å². The molecule has 0 saturated carbocycles. The van der Waals surface area contributed by atoms with Gasteiger partial charge in [-0.2, -0.15) is 0 Å². The van der Waals surface area contributed by atoms with Crippen LogP contribution in [0.3, 0.4) is 0 Å². The maximum absolute atomic E-state index is 5.44. The summed E-state index contributed by atoms with van der Waals surface area (Å²) in [7, 11) is 1.66. The van der Waals surface area contributed by atoms with E-state index >= 15 is 0 Å². The van der Waals surface area contributed by atoms with Crippen LogP contribution in [0.5, 0.6) is 11.5 Å². The second-order valence-electron chi connectivity index (χ2n) is 3.44. The van der Waals surface area contributed by atoms with Gasteiger partial charge in [-0.1, -0.05) is 18.2 Å². The quantitative estimate of drug-likeness (QED) is 0.837. The Hall–Kier alpha value is -1.52. The van der Waals surface area contributed by atoms with Gasteiger partial charge < -0.3 is 19.9 Å². The molecule has 0 unspecified atom stereocenters. The highest BCUT2D eigenvalue weighted by Gasteiger charge is 2.19. The molecule has 0 atom stereocenters. The maximum Gasteiger partial charge on any atom is 0.231 e. The van der Waals surface area contributed by atoms with E-state index in [9.17, 15) is 0 Å². The molecule has 0 aromatic heterocycles. The van der Waals surface area contributed by atoms with Crippen molar-refractivity contribution in [3.05, 3.63) is 29.3 Å². The molecular weight excluding hydrogens is 206 g/mol. The number of methoxy groups -OCH3 is 1. The minimum atomic E-state index is 0.274. The molecule has 4 heteroatoms. The van der Waals surface area contributed by atoms with Crippen molar-refractivity contribution in [3.63, 3.8) is 0 Å². The summed E-state index contributed by atoms with van der Waals surface area (Å²) in [6.07, 6.45) is 3.87. The van der Waals surface area contributed by atoms with Crippen LogP contribution < -0.4 is 15.2 Å². The summed E-state index contributed by atoms with van der Waals surface area (Å²) in [6, 6.07) is 3.88. The Kier molecular flexibility index (Phi) is 3.44. The number of ether oxygens (including phenoxy) is 3. The topological polar surface area (TPSA) is 53.7 Å². The molecule has 1 aliphatic heterocycles. The lowest BCUT2D eigenvalue weighted by molar-refractivity contribution is 0.163. The van der Waals surface area contributed by atoms with Gasteiger partial charge in [-0.3, -0.25) is 0 Å². The van der Waals surface area contributed by atoms with Crippen LogP contribution in [0.4, 0.5) is 0 Å². The Balaban J connectivity index is 2.40. The number of fused-ring (bicyclic) bond motifs is 1. The van der Waals surface area contributed by atoms with Gasteiger partial charge in [-0.25, -0.2) is 0 Å². The minimum absolute atomic E-state index is 0.274. The van der Waals surface area contributed by atoms with Gasteiger partial charge in [0.05, 0.1) is 6.61 Å². The third-order valence-electron chi connectivity index (χ3n) is 2.40. The molecule has 86 valence electrons. The molecule has 0 spiro atoms. The fraction of sp³-hybridized carbons (Fsp3) is 0.333. The van der Waals surface area contributed by atoms with Crippen LogP contribution in [0.2, 0.25) is 0 Å². The van der Waals surface area contributed by atoms with Crippen LogP contribution in [0.25, 0.3) is 6.08 Å². The van der Waals surface area contributed by atoms with Crippen molar-refractivity contribution < 1.29 is 14.2 Å². The molecule has 0 saturated heterocycles. The van der Waals surface area contributed by atoms with Crippen molar-refractivity contribution in [2.45, 2.75) is 6.61 Å². The number of hydrogen-bond donors (Lipinski definition) is 1. The van der Waals surface area contributed by atoms with Crippen molar-refractivity contribution in [1.29, 1.82) is 0 Å². The van der Waals surface area contributed by atoms with E-state index in [-0.39, 0.29) is 6.79 Å². The Bertz CT molecular complexity index is 401. The first-order chi connectivity index (χ1) is 7.86. The van der Waals surface area contributed by atoms with E-state index in [1.807, 2.05) is 24.3 Å². The number of hydrogen-bond acceptors (Lipinski definition) is 4. The van der Waals surface area contributed by atoms with E-state index < -0.39 is 0 Å². The van der Waals surface area contributed by atoms with Crippen LogP contribution >= 0.6 is 0 Å². The SMILES string of the molecule is COCc1c(/C=C/CN)ccc2c1OCO2. The molecule has 2 rings (SSSR count). The van der Waals surface area contributed by atoms with E-state index in [4.69, 9.17) is 19.9 Å². The molecule has 0 fully saturated rings. The summed E-state index contributed by atoms with van der Waals surface area (Å²) >= 11 is 0. The maximum atomic E-state index is 5.44. The highest BCUT2D eigenvalue weighted by Crippen LogP contribution is 2.38. The van der Waals surface area contributed by atoms with Crippen LogP contribution in [0.15, 0.2) is 18.2 Å². The normalized spacial score (nSPS) is 13.6. The van der Waals surface area contributed by atoms with E-state index in [1.54, 1.807) is 7.11 Å². The van der Waals surface area contributed by atoms with Gasteiger partial charge in [-0.15, -0.1) is 0 Å². The predicted octanol–water partition coefficient (Wildman–Crippen LogP) is 1.53. The molecule has 1 aromatic carbocycles. The van der Waals surface area contributed by atoms with E-state index in [0.717, 1.165) is 22.6 Å². The van der Waals surface area contributed by atoms with E-state index in [1.165, 1.54) is 0 Å². The third-order valence-corrected chi connectivity index (χ3v) is 2.40. The van der Waals surface area contributed by atoms with Gasteiger partial charge in [0, 0.05) is 19.2 Å². The zero-order valence-electron chi connectivity index (χ0n) is 9.23. The Labute approximate surface area is 94.6 Å². The smallest absolute Gasteiger partial charge is 0.231 e. The number of rotatable bonds is 4. The molecule has 1 heterocycles. The highest BCUT2D eigenvalue weighted by atomic mass is 16.7. The fourth-order valence-electron chi connectivity index (χ4n) is 1.69. The molecule has 0 radical (unpaired) electrons. The van der Waals surface area contributed by atoms with Crippen molar-refractivity contribution in [1.82, 2.24) is 0 Å². The summed E-state index contributed by atoms with van der Waals surface area (Å²) in [4.78, 5) is 0. The summed E-state index contributed by atoms with van der Waals surface area (Å²) in [6.45, 7) is 1.29. The summed E-state index contributed by atoms with van der Waals surface area (Å²) in [5.74, 6) is 1.55. The zero-order valence-corrected chi connectivity index (χ0v) is 9.23. The largest absolute Gasteiger partial charge is 0.454 e. The molecule has 0 aliphatic carbocycles. The van der Waals surface area contributed by atoms with Gasteiger partial charge >= 0.3 is 0 Å². The molecule has 4 nitrogen and oxygen atoms in total. The lowest BCUT2D eigenvalue weighted by Crippen LogP contribution is -1.97. The first-order valence-corrected chi connectivity index (χ1v) is 5.14. The molecular formula is C12H15NO3. The Morgan fingerprint density at radius 1 is 1.44 bits per heavy atom. The first-order valence-electron chi connectivity index (χ1n) is 5.14. The second kappa shape index (κ2) is 5.01. The van der Waals surface area contributed by atoms with Crippen molar-refractivity contribution in [2.24, 2.45) is 5.73 Å². The van der Waals surface area contributed by atoms with Gasteiger partial charge in [-0.05, 0) is 11.6 Å². The average Bonchev–Trinajstić information content (AvgIpc) is 2.76. The predicted molar refractivity (Wildman–Crippen MR) is 61.4 cm³/mol. The standard InChI is InChI=1S/C12H15NO3/c1-14-7-10-9(3-2-6-13)4-5-11-12(10)16-8-15-11/h2-5H,6-8,13H2,1H3/b3-2+. The number of benzene rings is 1. The Morgan fingerprint density at radius 2 is 2.31 bits per heavy atom. The van der Waals surface area contributed by atoms with Gasteiger partial charge in [0.2, 0.25) is 6.79 Å². The van der Waals surface area contributed by atoms with E-state index in [0.29, 0.717) is 13.2 Å². The summed E-state index contributed by atoms with van der Waals surface area (Å²) in [5.41, 5.74) is 7.49. The monoisotopic (exact) mass is 221 g/mol. The van der Waals surface area contributed by atoms with Gasteiger partial charge in [0.25, 0.3) is 0 Å². The zero-order chi connectivity index (χ0) is 11.4. The van der Waals surface area contributed by atoms with Crippen LogP contribution in [0, 0.1) is 0 Å². The van der Waals surface area contributed by atoms with E-state index in [2.05, 4.69) is 0 Å². The van der Waals surface area contributed by atoms with Crippen LogP contribution in [0.1, 0.15) is 11.1 Å². The first kappa shape index (κ1) is 11.0. The summed E-state index contributed by atoms with van der Waals surface area (Å²) in [5, 5.41) is 0. The highest BCUT2D eigenvalue weighted by molar-refractivity contribution is 5.62. The molecule has 0 amide bonds. The second-order valence-corrected chi connectivity index (χ2v) is 3.44. The van der Waals surface area contributed by atoms with Crippen molar-refractivity contribution in [3.8, 4) is 11.5 Å². The molecule has 1 aliphatic rings. The fourth-order valence-corrected chi connectivity index (χ4v) is 1.69. The molecule has 0 bridgehead atoms. The molecule has 1 aromatic rings. The van der Waals surface area contributed by atoms with Crippen molar-refractivity contribution >= 4 is 6.08 Å². The number of nitrogens with two attached hydrogens (primary N) is 1. The minimum Gasteiger partial charge on any atom is -0.454 e. The lowest BCUT2D eigenvalue weighted by Gasteiger charge is -2.08. The molecule has 16 heavy (non-hydrogen) atoms.